The van der Waals surface area contributed by atoms with Crippen LogP contribution in [0.2, 0.25) is 0 Å². The molecule has 0 aliphatic carbocycles. The van der Waals surface area contributed by atoms with E-state index in [1.54, 1.807) is 36.4 Å². The lowest BCUT2D eigenvalue weighted by Crippen LogP contribution is -2.27. The molecule has 1 atom stereocenters. The molecule has 0 saturated carbocycles. The third-order valence-corrected chi connectivity index (χ3v) is 3.73. The van der Waals surface area contributed by atoms with Crippen LogP contribution in [0.4, 0.5) is 14.9 Å². The predicted octanol–water partition coefficient (Wildman–Crippen LogP) is 2.65. The maximum absolute atomic E-state index is 14.4. The number of benzene rings is 2. The van der Waals surface area contributed by atoms with Crippen LogP contribution in [-0.2, 0) is 4.74 Å². The van der Waals surface area contributed by atoms with E-state index in [-0.39, 0.29) is 12.6 Å². The number of carbonyl (C=O) groups is 1. The molecule has 1 unspecified atom stereocenters. The van der Waals surface area contributed by atoms with Gasteiger partial charge in [0, 0.05) is 12.1 Å². The van der Waals surface area contributed by atoms with E-state index in [1.165, 1.54) is 11.0 Å². The number of amides is 1. The highest BCUT2D eigenvalue weighted by atomic mass is 19.1. The first kappa shape index (κ1) is 15.0. The standard InChI is InChI=1S/C17H14FN3O2/c18-16-7-13(21-10-14(9-20)23-17(21)22)5-6-15(16)12-3-1-11(8-19)2-4-12/h1-7,14H,9-10,20H2. The summed E-state index contributed by atoms with van der Waals surface area (Å²) in [4.78, 5) is 13.1. The predicted molar refractivity (Wildman–Crippen MR) is 83.2 cm³/mol. The Hall–Kier alpha value is -2.91. The third kappa shape index (κ3) is 2.87. The van der Waals surface area contributed by atoms with Crippen LogP contribution in [0.3, 0.4) is 0 Å². The molecule has 6 heteroatoms. The van der Waals surface area contributed by atoms with Crippen molar-refractivity contribution in [3.63, 3.8) is 0 Å². The molecule has 1 aliphatic rings. The fourth-order valence-corrected chi connectivity index (χ4v) is 2.49. The maximum atomic E-state index is 14.4. The lowest BCUT2D eigenvalue weighted by atomic mass is 10.0. The molecule has 1 fully saturated rings. The van der Waals surface area contributed by atoms with Gasteiger partial charge in [-0.2, -0.15) is 5.26 Å². The number of halogens is 1. The monoisotopic (exact) mass is 311 g/mol. The summed E-state index contributed by atoms with van der Waals surface area (Å²) in [6.07, 6.45) is -0.894. The van der Waals surface area contributed by atoms with Gasteiger partial charge < -0.3 is 10.5 Å². The SMILES string of the molecule is N#Cc1ccc(-c2ccc(N3CC(CN)OC3=O)cc2F)cc1. The van der Waals surface area contributed by atoms with Crippen molar-refractivity contribution in [3.05, 3.63) is 53.8 Å². The maximum Gasteiger partial charge on any atom is 0.414 e. The number of ether oxygens (including phenoxy) is 1. The van der Waals surface area contributed by atoms with Crippen molar-refractivity contribution in [1.82, 2.24) is 0 Å². The minimum absolute atomic E-state index is 0.230. The van der Waals surface area contributed by atoms with Gasteiger partial charge in [-0.1, -0.05) is 12.1 Å². The number of nitrogens with zero attached hydrogens (tertiary/aromatic N) is 2. The first-order valence-corrected chi connectivity index (χ1v) is 7.10. The van der Waals surface area contributed by atoms with Crippen molar-refractivity contribution < 1.29 is 13.9 Å². The summed E-state index contributed by atoms with van der Waals surface area (Å²) in [5.74, 6) is -0.448. The molecule has 3 rings (SSSR count). The van der Waals surface area contributed by atoms with E-state index >= 15 is 0 Å². The van der Waals surface area contributed by atoms with E-state index in [9.17, 15) is 9.18 Å². The Bertz CT molecular complexity index is 783. The zero-order valence-corrected chi connectivity index (χ0v) is 12.2. The van der Waals surface area contributed by atoms with E-state index in [4.69, 9.17) is 15.7 Å². The van der Waals surface area contributed by atoms with Crippen molar-refractivity contribution in [3.8, 4) is 17.2 Å². The smallest absolute Gasteiger partial charge is 0.414 e. The summed E-state index contributed by atoms with van der Waals surface area (Å²) in [7, 11) is 0. The number of hydrogen-bond donors (Lipinski definition) is 1. The third-order valence-electron chi connectivity index (χ3n) is 3.73. The van der Waals surface area contributed by atoms with E-state index in [2.05, 4.69) is 0 Å². The average molecular weight is 311 g/mol. The lowest BCUT2D eigenvalue weighted by Gasteiger charge is -2.14. The van der Waals surface area contributed by atoms with Crippen LogP contribution in [0.1, 0.15) is 5.56 Å². The van der Waals surface area contributed by atoms with E-state index in [0.717, 1.165) is 0 Å². The Morgan fingerprint density at radius 2 is 2.04 bits per heavy atom. The van der Waals surface area contributed by atoms with Crippen LogP contribution in [0.15, 0.2) is 42.5 Å². The van der Waals surface area contributed by atoms with Crippen molar-refractivity contribution in [2.24, 2.45) is 5.73 Å². The average Bonchev–Trinajstić information content (AvgIpc) is 2.96. The van der Waals surface area contributed by atoms with Crippen LogP contribution in [-0.4, -0.2) is 25.3 Å². The summed E-state index contributed by atoms with van der Waals surface area (Å²) in [5, 5.41) is 8.80. The van der Waals surface area contributed by atoms with Crippen LogP contribution in [0.25, 0.3) is 11.1 Å². The number of anilines is 1. The minimum Gasteiger partial charge on any atom is -0.443 e. The molecule has 1 saturated heterocycles. The van der Waals surface area contributed by atoms with Gasteiger partial charge >= 0.3 is 6.09 Å². The Morgan fingerprint density at radius 1 is 1.30 bits per heavy atom. The first-order valence-electron chi connectivity index (χ1n) is 7.10. The first-order chi connectivity index (χ1) is 11.1. The largest absolute Gasteiger partial charge is 0.443 e. The van der Waals surface area contributed by atoms with Gasteiger partial charge in [0.2, 0.25) is 0 Å². The Kier molecular flexibility index (Phi) is 3.96. The second kappa shape index (κ2) is 6.07. The highest BCUT2D eigenvalue weighted by Crippen LogP contribution is 2.29. The molecular formula is C17H14FN3O2. The fourth-order valence-electron chi connectivity index (χ4n) is 2.49. The van der Waals surface area contributed by atoms with Crippen LogP contribution in [0, 0.1) is 17.1 Å². The van der Waals surface area contributed by atoms with Crippen molar-refractivity contribution >= 4 is 11.8 Å². The molecule has 1 aliphatic heterocycles. The molecule has 5 nitrogen and oxygen atoms in total. The van der Waals surface area contributed by atoms with Gasteiger partial charge in [0.1, 0.15) is 11.9 Å². The summed E-state index contributed by atoms with van der Waals surface area (Å²) in [5.41, 5.74) is 7.50. The topological polar surface area (TPSA) is 79.3 Å². The minimum atomic E-state index is -0.522. The van der Waals surface area contributed by atoms with Crippen LogP contribution >= 0.6 is 0 Å². The molecule has 2 N–H and O–H groups in total. The lowest BCUT2D eigenvalue weighted by molar-refractivity contribution is 0.145. The summed E-state index contributed by atoms with van der Waals surface area (Å²) >= 11 is 0. The second-order valence-corrected chi connectivity index (χ2v) is 5.21. The molecule has 23 heavy (non-hydrogen) atoms. The Balaban J connectivity index is 1.89. The van der Waals surface area contributed by atoms with Gasteiger partial charge in [-0.3, -0.25) is 4.90 Å². The summed E-state index contributed by atoms with van der Waals surface area (Å²) in [6.45, 7) is 0.541. The summed E-state index contributed by atoms with van der Waals surface area (Å²) < 4.78 is 19.5. The Labute approximate surface area is 132 Å². The van der Waals surface area contributed by atoms with E-state index in [1.807, 2.05) is 6.07 Å². The molecule has 0 bridgehead atoms. The van der Waals surface area contributed by atoms with Gasteiger partial charge in [0.15, 0.2) is 0 Å². The van der Waals surface area contributed by atoms with Gasteiger partial charge in [0.05, 0.1) is 23.9 Å². The second-order valence-electron chi connectivity index (χ2n) is 5.21. The Morgan fingerprint density at radius 3 is 2.61 bits per heavy atom. The molecule has 0 spiro atoms. The quantitative estimate of drug-likeness (QED) is 0.945. The van der Waals surface area contributed by atoms with Gasteiger partial charge in [-0.05, 0) is 35.9 Å². The molecule has 1 amide bonds. The fraction of sp³-hybridized carbons (Fsp3) is 0.176. The van der Waals surface area contributed by atoms with E-state index < -0.39 is 11.9 Å². The number of hydrogen-bond acceptors (Lipinski definition) is 4. The molecule has 1 heterocycles. The molecule has 2 aromatic rings. The highest BCUT2D eigenvalue weighted by Gasteiger charge is 2.31. The highest BCUT2D eigenvalue weighted by molar-refractivity contribution is 5.90. The van der Waals surface area contributed by atoms with Crippen LogP contribution < -0.4 is 10.6 Å². The van der Waals surface area contributed by atoms with Crippen molar-refractivity contribution in [2.45, 2.75) is 6.10 Å². The summed E-state index contributed by atoms with van der Waals surface area (Å²) in [6, 6.07) is 13.2. The number of carbonyl (C=O) groups excluding carboxylic acids is 1. The number of rotatable bonds is 3. The molecule has 0 aromatic heterocycles. The number of cyclic esters (lactones) is 1. The number of nitrogens with two attached hydrogens (primary N) is 1. The van der Waals surface area contributed by atoms with E-state index in [0.29, 0.717) is 28.9 Å². The molecular weight excluding hydrogens is 297 g/mol. The zero-order valence-electron chi connectivity index (χ0n) is 12.2. The van der Waals surface area contributed by atoms with Gasteiger partial charge in [0.25, 0.3) is 0 Å². The van der Waals surface area contributed by atoms with Gasteiger partial charge in [-0.25, -0.2) is 9.18 Å². The van der Waals surface area contributed by atoms with Crippen molar-refractivity contribution in [1.29, 1.82) is 5.26 Å². The molecule has 2 aromatic carbocycles. The van der Waals surface area contributed by atoms with Crippen molar-refractivity contribution in [2.75, 3.05) is 18.0 Å². The zero-order chi connectivity index (χ0) is 16.4. The normalized spacial score (nSPS) is 17.0. The van der Waals surface area contributed by atoms with Gasteiger partial charge in [-0.15, -0.1) is 0 Å². The molecule has 0 radical (unpaired) electrons. The number of nitriles is 1. The van der Waals surface area contributed by atoms with Crippen LogP contribution in [0.5, 0.6) is 0 Å². The molecule has 116 valence electrons.